The van der Waals surface area contributed by atoms with Gasteiger partial charge in [0.1, 0.15) is 0 Å². The van der Waals surface area contributed by atoms with E-state index in [0.29, 0.717) is 19.6 Å². The van der Waals surface area contributed by atoms with Crippen molar-refractivity contribution in [1.29, 1.82) is 0 Å². The summed E-state index contributed by atoms with van der Waals surface area (Å²) in [7, 11) is 1.53. The van der Waals surface area contributed by atoms with Crippen LogP contribution in [-0.2, 0) is 4.74 Å². The van der Waals surface area contributed by atoms with Crippen LogP contribution in [0.4, 0.5) is 0 Å². The molecular formula is C12H18N2O4. The minimum atomic E-state index is -0.473. The minimum Gasteiger partial charge on any atom is -0.504 e. The van der Waals surface area contributed by atoms with Crippen LogP contribution in [0.15, 0.2) is 18.2 Å². The molecule has 18 heavy (non-hydrogen) atoms. The molecule has 0 saturated heterocycles. The number of carbonyl (C=O) groups excluding carboxylic acids is 1. The zero-order valence-electron chi connectivity index (χ0n) is 10.2. The Labute approximate surface area is 105 Å². The Bertz CT molecular complexity index is 403. The lowest BCUT2D eigenvalue weighted by Crippen LogP contribution is -2.39. The summed E-state index contributed by atoms with van der Waals surface area (Å²) < 4.78 is 4.97. The zero-order valence-corrected chi connectivity index (χ0v) is 10.2. The van der Waals surface area contributed by atoms with Gasteiger partial charge in [-0.25, -0.2) is 0 Å². The maximum absolute atomic E-state index is 11.9. The lowest BCUT2D eigenvalue weighted by molar-refractivity contribution is 0.0890. The number of phenolic OH excluding ortho intramolecular Hbond substituents is 2. The average Bonchev–Trinajstić information content (AvgIpc) is 2.33. The number of amides is 1. The molecule has 5 N–H and O–H groups in total. The maximum atomic E-state index is 11.9. The number of hydrogen-bond acceptors (Lipinski definition) is 5. The monoisotopic (exact) mass is 254 g/mol. The first kappa shape index (κ1) is 14.3. The second kappa shape index (κ2) is 6.83. The fraction of sp³-hybridized carbons (Fsp3) is 0.417. The number of phenols is 2. The van der Waals surface area contributed by atoms with Crippen molar-refractivity contribution in [1.82, 2.24) is 5.32 Å². The molecule has 0 saturated carbocycles. The first-order valence-corrected chi connectivity index (χ1v) is 5.61. The van der Waals surface area contributed by atoms with Gasteiger partial charge in [0.15, 0.2) is 11.5 Å². The van der Waals surface area contributed by atoms with Crippen molar-refractivity contribution in [3.8, 4) is 11.5 Å². The Morgan fingerprint density at radius 1 is 1.50 bits per heavy atom. The molecular weight excluding hydrogens is 236 g/mol. The van der Waals surface area contributed by atoms with Gasteiger partial charge < -0.3 is 26.0 Å². The third kappa shape index (κ3) is 3.61. The number of hydrogen-bond donors (Lipinski definition) is 4. The number of para-hydroxylation sites is 1. The lowest BCUT2D eigenvalue weighted by atomic mass is 10.1. The van der Waals surface area contributed by atoms with Crippen molar-refractivity contribution in [3.05, 3.63) is 23.8 Å². The Kier molecular flexibility index (Phi) is 5.41. The van der Waals surface area contributed by atoms with Crippen molar-refractivity contribution < 1.29 is 19.7 Å². The van der Waals surface area contributed by atoms with Crippen LogP contribution in [-0.4, -0.2) is 42.4 Å². The highest BCUT2D eigenvalue weighted by Gasteiger charge is 2.17. The van der Waals surface area contributed by atoms with Gasteiger partial charge in [0.05, 0.1) is 18.2 Å². The first-order chi connectivity index (χ1) is 8.60. The second-order valence-electron chi connectivity index (χ2n) is 3.88. The highest BCUT2D eigenvalue weighted by molar-refractivity contribution is 5.97. The van der Waals surface area contributed by atoms with Crippen LogP contribution in [0.1, 0.15) is 16.8 Å². The molecule has 1 atom stereocenters. The predicted molar refractivity (Wildman–Crippen MR) is 66.6 cm³/mol. The van der Waals surface area contributed by atoms with Crippen LogP contribution in [0.3, 0.4) is 0 Å². The summed E-state index contributed by atoms with van der Waals surface area (Å²) in [5.41, 5.74) is 5.45. The number of carbonyl (C=O) groups is 1. The van der Waals surface area contributed by atoms with Gasteiger partial charge in [0.2, 0.25) is 0 Å². The largest absolute Gasteiger partial charge is 0.504 e. The third-order valence-corrected chi connectivity index (χ3v) is 2.48. The number of ether oxygens (including phenoxy) is 1. The quantitative estimate of drug-likeness (QED) is 0.542. The number of nitrogens with two attached hydrogens (primary N) is 1. The van der Waals surface area contributed by atoms with E-state index in [0.717, 1.165) is 0 Å². The summed E-state index contributed by atoms with van der Waals surface area (Å²) >= 11 is 0. The third-order valence-electron chi connectivity index (χ3n) is 2.48. The van der Waals surface area contributed by atoms with Gasteiger partial charge in [-0.2, -0.15) is 0 Å². The highest BCUT2D eigenvalue weighted by atomic mass is 16.5. The van der Waals surface area contributed by atoms with E-state index in [1.165, 1.54) is 25.3 Å². The fourth-order valence-electron chi connectivity index (χ4n) is 1.58. The normalized spacial score (nSPS) is 12.1. The Morgan fingerprint density at radius 3 is 2.83 bits per heavy atom. The zero-order chi connectivity index (χ0) is 13.5. The molecule has 1 unspecified atom stereocenters. The van der Waals surface area contributed by atoms with Crippen molar-refractivity contribution in [2.24, 2.45) is 5.73 Å². The SMILES string of the molecule is COCC(CCN)NC(=O)c1cccc(O)c1O. The maximum Gasteiger partial charge on any atom is 0.255 e. The number of nitrogens with one attached hydrogen (secondary N) is 1. The smallest absolute Gasteiger partial charge is 0.255 e. The molecule has 0 heterocycles. The van der Waals surface area contributed by atoms with E-state index in [1.807, 2.05) is 0 Å². The summed E-state index contributed by atoms with van der Waals surface area (Å²) in [6.45, 7) is 0.753. The van der Waals surface area contributed by atoms with E-state index >= 15 is 0 Å². The van der Waals surface area contributed by atoms with E-state index < -0.39 is 11.7 Å². The van der Waals surface area contributed by atoms with Crippen molar-refractivity contribution in [2.45, 2.75) is 12.5 Å². The Hall–Kier alpha value is -1.79. The summed E-state index contributed by atoms with van der Waals surface area (Å²) in [5, 5.41) is 21.6. The minimum absolute atomic E-state index is 0.0214. The van der Waals surface area contributed by atoms with Gasteiger partial charge in [0.25, 0.3) is 5.91 Å². The van der Waals surface area contributed by atoms with Crippen LogP contribution in [0, 0.1) is 0 Å². The van der Waals surface area contributed by atoms with Gasteiger partial charge in [-0.15, -0.1) is 0 Å². The molecule has 0 fully saturated rings. The van der Waals surface area contributed by atoms with Crippen LogP contribution < -0.4 is 11.1 Å². The second-order valence-corrected chi connectivity index (χ2v) is 3.88. The van der Waals surface area contributed by atoms with Crippen molar-refractivity contribution >= 4 is 5.91 Å². The van der Waals surface area contributed by atoms with Gasteiger partial charge >= 0.3 is 0 Å². The van der Waals surface area contributed by atoms with E-state index in [1.54, 1.807) is 0 Å². The van der Waals surface area contributed by atoms with Gasteiger partial charge in [-0.05, 0) is 25.1 Å². The van der Waals surface area contributed by atoms with Gasteiger partial charge in [-0.1, -0.05) is 6.07 Å². The molecule has 1 rings (SSSR count). The van der Waals surface area contributed by atoms with Gasteiger partial charge in [-0.3, -0.25) is 4.79 Å². The predicted octanol–water partition coefficient (Wildman–Crippen LogP) is 0.191. The van der Waals surface area contributed by atoms with Gasteiger partial charge in [0, 0.05) is 7.11 Å². The van der Waals surface area contributed by atoms with Crippen LogP contribution in [0.25, 0.3) is 0 Å². The first-order valence-electron chi connectivity index (χ1n) is 5.61. The highest BCUT2D eigenvalue weighted by Crippen LogP contribution is 2.27. The van der Waals surface area contributed by atoms with E-state index in [9.17, 15) is 15.0 Å². The number of rotatable bonds is 6. The standard InChI is InChI=1S/C12H18N2O4/c1-18-7-8(5-6-13)14-12(17)9-3-2-4-10(15)11(9)16/h2-4,8,15-16H,5-7,13H2,1H3,(H,14,17). The van der Waals surface area contributed by atoms with Crippen molar-refractivity contribution in [2.75, 3.05) is 20.3 Å². The molecule has 6 heteroatoms. The molecule has 0 aliphatic heterocycles. The molecule has 0 spiro atoms. The van der Waals surface area contributed by atoms with Crippen LogP contribution in [0.2, 0.25) is 0 Å². The van der Waals surface area contributed by atoms with E-state index in [4.69, 9.17) is 10.5 Å². The van der Waals surface area contributed by atoms with Crippen LogP contribution in [0.5, 0.6) is 11.5 Å². The molecule has 0 aliphatic carbocycles. The number of aromatic hydroxyl groups is 2. The Morgan fingerprint density at radius 2 is 2.22 bits per heavy atom. The topological polar surface area (TPSA) is 105 Å². The fourth-order valence-corrected chi connectivity index (χ4v) is 1.58. The summed E-state index contributed by atoms with van der Waals surface area (Å²) in [4.78, 5) is 11.9. The van der Waals surface area contributed by atoms with E-state index in [-0.39, 0.29) is 17.4 Å². The molecule has 0 bridgehead atoms. The molecule has 100 valence electrons. The molecule has 0 aliphatic rings. The summed E-state index contributed by atoms with van der Waals surface area (Å²) in [5.74, 6) is -1.23. The van der Waals surface area contributed by atoms with E-state index in [2.05, 4.69) is 5.32 Å². The van der Waals surface area contributed by atoms with Crippen molar-refractivity contribution in [3.63, 3.8) is 0 Å². The molecule has 0 aromatic heterocycles. The molecule has 6 nitrogen and oxygen atoms in total. The molecule has 1 amide bonds. The molecule has 1 aromatic rings. The molecule has 0 radical (unpaired) electrons. The number of benzene rings is 1. The Balaban J connectivity index is 2.77. The van der Waals surface area contributed by atoms with Crippen LogP contribution >= 0.6 is 0 Å². The average molecular weight is 254 g/mol. The summed E-state index contributed by atoms with van der Waals surface area (Å²) in [6, 6.07) is 3.99. The lowest BCUT2D eigenvalue weighted by Gasteiger charge is -2.17. The number of methoxy groups -OCH3 is 1. The molecule has 1 aromatic carbocycles. The summed E-state index contributed by atoms with van der Waals surface area (Å²) in [6.07, 6.45) is 0.569.